The highest BCUT2D eigenvalue weighted by Crippen LogP contribution is 2.27. The number of carbonyl (C=O) groups excluding carboxylic acids is 3. The Morgan fingerprint density at radius 1 is 0.224 bits per heavy atom. The van der Waals surface area contributed by atoms with Crippen LogP contribution < -0.4 is 44.4 Å². The summed E-state index contributed by atoms with van der Waals surface area (Å²) in [6, 6.07) is 114. The van der Waals surface area contributed by atoms with Gasteiger partial charge in [-0.25, -0.2) is 0 Å². The second kappa shape index (κ2) is 39.5. The number of nitrogens with one attached hydrogen (secondary N) is 3. The molecule has 3 amide bonds. The van der Waals surface area contributed by atoms with Crippen molar-refractivity contribution in [3.05, 3.63) is 402 Å². The van der Waals surface area contributed by atoms with Gasteiger partial charge in [0.1, 0.15) is 47.7 Å². The molecule has 14 rings (SSSR count). The lowest BCUT2D eigenvalue weighted by atomic mass is 10.1. The molecule has 12 heteroatoms. The Labute approximate surface area is 626 Å². The lowest BCUT2D eigenvalue weighted by Gasteiger charge is -2.11. The molecule has 0 fully saturated rings. The number of fused-ring (bicyclic) bond motifs is 2. The van der Waals surface area contributed by atoms with Crippen LogP contribution in [0.1, 0.15) is 77.3 Å². The van der Waals surface area contributed by atoms with Crippen molar-refractivity contribution in [3.63, 3.8) is 0 Å². The highest BCUT2D eigenvalue weighted by molar-refractivity contribution is 6.05. The van der Waals surface area contributed by atoms with Crippen molar-refractivity contribution < 1.29 is 42.8 Å². The Hall–Kier alpha value is -13.2. The summed E-state index contributed by atoms with van der Waals surface area (Å²) in [7, 11) is 0. The Kier molecular flexibility index (Phi) is 27.1. The van der Waals surface area contributed by atoms with Crippen molar-refractivity contribution in [2.75, 3.05) is 42.4 Å². The number of amides is 3. The van der Waals surface area contributed by atoms with Gasteiger partial charge in [0.05, 0.1) is 26.4 Å². The number of carbonyl (C=O) groups is 3. The summed E-state index contributed by atoms with van der Waals surface area (Å²) in [4.78, 5) is 37.9. The third kappa shape index (κ3) is 23.4. The van der Waals surface area contributed by atoms with Gasteiger partial charge >= 0.3 is 0 Å². The van der Waals surface area contributed by atoms with Gasteiger partial charge in [0.15, 0.2) is 0 Å². The molecule has 0 bridgehead atoms. The largest absolute Gasteiger partial charge is 0.494 e. The minimum absolute atomic E-state index is 0.155. The standard InChI is InChI=1S/C35H27NO3.C31H31NO3.C29H27NO3/c37-35(27-15-19-31(20-16-27)38-23-28-11-5-9-25-7-1-3-13-33(25)28)36-30-17-21-32(22-18-30)39-24-29-12-6-10-26-8-2-4-14-34(26)29;33-31(27-15-19-29(20-16-27)34-23-7-13-25-9-3-1-4-10-25)32-28-17-21-30(22-18-28)35-24-8-14-26-11-5-2-6-12-26;31-29(25-11-15-27(16-12-25)32-21-19-23-7-3-1-4-8-23)30-26-13-17-28(18-14-26)33-22-20-24-9-5-2-6-10-24/h1-22H,23-24H2,(H,36,37);1-6,9-12,15-22H,7-8,13-14,23-24H2,(H,32,33);1-18H,19-22H2,(H,30,31). The smallest absolute Gasteiger partial charge is 0.255 e. The fourth-order valence-electron chi connectivity index (χ4n) is 11.9. The maximum Gasteiger partial charge on any atom is 0.255 e. The molecule has 0 aliphatic rings. The number of ether oxygens (including phenoxy) is 6. The Bertz CT molecular complexity index is 5020. The maximum atomic E-state index is 12.8. The molecule has 107 heavy (non-hydrogen) atoms. The van der Waals surface area contributed by atoms with E-state index in [9.17, 15) is 14.4 Å². The van der Waals surface area contributed by atoms with Gasteiger partial charge in [-0.1, -0.05) is 206 Å². The lowest BCUT2D eigenvalue weighted by Crippen LogP contribution is -2.11. The van der Waals surface area contributed by atoms with Crippen LogP contribution in [0.3, 0.4) is 0 Å². The third-order valence-corrected chi connectivity index (χ3v) is 17.7. The molecule has 12 nitrogen and oxygen atoms in total. The minimum atomic E-state index is -0.181. The summed E-state index contributed by atoms with van der Waals surface area (Å²) >= 11 is 0. The molecule has 0 aliphatic carbocycles. The molecule has 0 saturated heterocycles. The van der Waals surface area contributed by atoms with E-state index in [0.717, 1.165) is 89.8 Å². The molecule has 0 aliphatic heterocycles. The molecule has 14 aromatic rings. The number of rotatable bonds is 30. The molecular formula is C95H85N3O9. The van der Waals surface area contributed by atoms with Crippen LogP contribution in [0.25, 0.3) is 21.5 Å². The van der Waals surface area contributed by atoms with E-state index in [1.54, 1.807) is 36.4 Å². The zero-order valence-electron chi connectivity index (χ0n) is 59.6. The maximum absolute atomic E-state index is 12.8. The van der Waals surface area contributed by atoms with Gasteiger partial charge in [-0.2, -0.15) is 0 Å². The van der Waals surface area contributed by atoms with Crippen molar-refractivity contribution >= 4 is 56.3 Å². The first-order valence-corrected chi connectivity index (χ1v) is 36.2. The van der Waals surface area contributed by atoms with Crippen LogP contribution in [0.15, 0.2) is 352 Å². The van der Waals surface area contributed by atoms with Crippen molar-refractivity contribution in [3.8, 4) is 34.5 Å². The monoisotopic (exact) mass is 1410 g/mol. The first kappa shape index (κ1) is 73.6. The fourth-order valence-corrected chi connectivity index (χ4v) is 11.9. The first-order valence-electron chi connectivity index (χ1n) is 36.2. The van der Waals surface area contributed by atoms with Gasteiger partial charge in [-0.05, 0) is 226 Å². The second-order valence-corrected chi connectivity index (χ2v) is 25.4. The number of hydrogen-bond donors (Lipinski definition) is 3. The number of anilines is 3. The van der Waals surface area contributed by atoms with Crippen molar-refractivity contribution in [1.29, 1.82) is 0 Å². The van der Waals surface area contributed by atoms with E-state index in [-0.39, 0.29) is 17.7 Å². The second-order valence-electron chi connectivity index (χ2n) is 25.4. The van der Waals surface area contributed by atoms with E-state index in [4.69, 9.17) is 28.4 Å². The highest BCUT2D eigenvalue weighted by atomic mass is 16.5. The Balaban J connectivity index is 0.000000151. The van der Waals surface area contributed by atoms with Crippen LogP contribution in [0.5, 0.6) is 34.5 Å². The predicted octanol–water partition coefficient (Wildman–Crippen LogP) is 21.5. The summed E-state index contributed by atoms with van der Waals surface area (Å²) in [5.74, 6) is 4.05. The van der Waals surface area contributed by atoms with E-state index in [2.05, 4.69) is 137 Å². The molecule has 0 spiro atoms. The van der Waals surface area contributed by atoms with Gasteiger partial charge in [-0.15, -0.1) is 0 Å². The van der Waals surface area contributed by atoms with Crippen LogP contribution >= 0.6 is 0 Å². The Morgan fingerprint density at radius 3 is 0.794 bits per heavy atom. The molecule has 14 aromatic carbocycles. The molecular weight excluding hydrogens is 1330 g/mol. The summed E-state index contributed by atoms with van der Waals surface area (Å²) < 4.78 is 35.2. The molecule has 0 heterocycles. The summed E-state index contributed by atoms with van der Waals surface area (Å²) in [6.45, 7) is 3.43. The van der Waals surface area contributed by atoms with E-state index >= 15 is 0 Å². The first-order chi connectivity index (χ1) is 52.7. The van der Waals surface area contributed by atoms with Crippen molar-refractivity contribution in [1.82, 2.24) is 0 Å². The van der Waals surface area contributed by atoms with Crippen molar-refractivity contribution in [2.45, 2.75) is 51.7 Å². The van der Waals surface area contributed by atoms with Gasteiger partial charge in [0.25, 0.3) is 17.7 Å². The zero-order valence-corrected chi connectivity index (χ0v) is 59.6. The highest BCUT2D eigenvalue weighted by Gasteiger charge is 2.12. The van der Waals surface area contributed by atoms with Crippen LogP contribution in [0.2, 0.25) is 0 Å². The molecule has 0 atom stereocenters. The number of aryl methyl sites for hydroxylation is 2. The summed E-state index contributed by atoms with van der Waals surface area (Å²) in [6.07, 6.45) is 5.57. The minimum Gasteiger partial charge on any atom is -0.494 e. The molecule has 534 valence electrons. The quantitative estimate of drug-likeness (QED) is 0.0375. The van der Waals surface area contributed by atoms with E-state index in [0.29, 0.717) is 67.8 Å². The van der Waals surface area contributed by atoms with Crippen LogP contribution in [0, 0.1) is 0 Å². The van der Waals surface area contributed by atoms with E-state index in [1.807, 2.05) is 194 Å². The van der Waals surface area contributed by atoms with E-state index in [1.165, 1.54) is 43.8 Å². The summed E-state index contributed by atoms with van der Waals surface area (Å²) in [5, 5.41) is 13.5. The Morgan fingerprint density at radius 2 is 0.477 bits per heavy atom. The normalized spacial score (nSPS) is 10.6. The molecule has 0 saturated carbocycles. The van der Waals surface area contributed by atoms with Crippen molar-refractivity contribution in [2.24, 2.45) is 0 Å². The number of benzene rings is 14. The van der Waals surface area contributed by atoms with E-state index < -0.39 is 0 Å². The molecule has 0 unspecified atom stereocenters. The van der Waals surface area contributed by atoms with Gasteiger partial charge < -0.3 is 44.4 Å². The SMILES string of the molecule is O=C(Nc1ccc(OCCCc2ccccc2)cc1)c1ccc(OCCCc2ccccc2)cc1.O=C(Nc1ccc(OCCc2ccccc2)cc1)c1ccc(OCCc2ccccc2)cc1.O=C(Nc1ccc(OCc2cccc3ccccc23)cc1)c1ccc(OCc2cccc3ccccc23)cc1. The zero-order chi connectivity index (χ0) is 73.3. The topological polar surface area (TPSA) is 143 Å². The van der Waals surface area contributed by atoms with Gasteiger partial charge in [0, 0.05) is 46.6 Å². The molecule has 3 N–H and O–H groups in total. The predicted molar refractivity (Wildman–Crippen MR) is 431 cm³/mol. The van der Waals surface area contributed by atoms with Gasteiger partial charge in [-0.3, -0.25) is 14.4 Å². The van der Waals surface area contributed by atoms with Crippen LogP contribution in [-0.4, -0.2) is 44.1 Å². The average molecular weight is 1410 g/mol. The van der Waals surface area contributed by atoms with Crippen LogP contribution in [-0.2, 0) is 38.9 Å². The third-order valence-electron chi connectivity index (χ3n) is 17.7. The van der Waals surface area contributed by atoms with Crippen LogP contribution in [0.4, 0.5) is 17.1 Å². The molecule has 0 aromatic heterocycles. The summed E-state index contributed by atoms with van der Waals surface area (Å²) in [5.41, 5.74) is 11.2. The lowest BCUT2D eigenvalue weighted by molar-refractivity contribution is 0.101. The average Bonchev–Trinajstić information content (AvgIpc) is 0.836. The van der Waals surface area contributed by atoms with Gasteiger partial charge in [0.2, 0.25) is 0 Å². The molecule has 0 radical (unpaired) electrons. The fraction of sp³-hybridized carbons (Fsp3) is 0.126. The number of hydrogen-bond acceptors (Lipinski definition) is 9.